The second kappa shape index (κ2) is 15.6. The second-order valence-electron chi connectivity index (χ2n) is 6.64. The van der Waals surface area contributed by atoms with Crippen LogP contribution in [0.25, 0.3) is 0 Å². The molecule has 1 atom stereocenters. The third-order valence-electron chi connectivity index (χ3n) is 3.80. The van der Waals surface area contributed by atoms with Gasteiger partial charge in [-0.1, -0.05) is 58.8 Å². The Labute approximate surface area is 155 Å². The summed E-state index contributed by atoms with van der Waals surface area (Å²) in [5.74, 6) is 0. The van der Waals surface area contributed by atoms with Crippen molar-refractivity contribution in [3.05, 3.63) is 0 Å². The molecular formula is C18H39ClN4O. The molecule has 0 aliphatic heterocycles. The average molecular weight is 363 g/mol. The van der Waals surface area contributed by atoms with Gasteiger partial charge in [-0.15, -0.1) is 0 Å². The van der Waals surface area contributed by atoms with E-state index in [-0.39, 0.29) is 24.5 Å². The van der Waals surface area contributed by atoms with E-state index in [0.29, 0.717) is 6.02 Å². The number of rotatable bonds is 10. The molecule has 0 aromatic heterocycles. The van der Waals surface area contributed by atoms with Gasteiger partial charge in [-0.3, -0.25) is 0 Å². The third-order valence-corrected chi connectivity index (χ3v) is 3.80. The van der Waals surface area contributed by atoms with Gasteiger partial charge < -0.3 is 22.9 Å². The summed E-state index contributed by atoms with van der Waals surface area (Å²) >= 11 is 0. The molecule has 0 spiro atoms. The van der Waals surface area contributed by atoms with E-state index < -0.39 is 0 Å². The fourth-order valence-corrected chi connectivity index (χ4v) is 2.59. The van der Waals surface area contributed by atoms with Crippen LogP contribution in [0.15, 0.2) is 4.99 Å². The first-order valence-electron chi connectivity index (χ1n) is 9.15. The van der Waals surface area contributed by atoms with Crippen LogP contribution in [-0.4, -0.2) is 55.8 Å². The summed E-state index contributed by atoms with van der Waals surface area (Å²) in [7, 11) is 7.75. The van der Waals surface area contributed by atoms with Gasteiger partial charge in [-0.2, -0.15) is 0 Å². The van der Waals surface area contributed by atoms with Gasteiger partial charge in [0.05, 0.1) is 34.2 Å². The molecular weight excluding hydrogens is 324 g/mol. The third kappa shape index (κ3) is 12.5. The molecule has 0 saturated heterocycles. The van der Waals surface area contributed by atoms with Crippen molar-refractivity contribution in [3.63, 3.8) is 0 Å². The van der Waals surface area contributed by atoms with Crippen LogP contribution in [0.5, 0.6) is 0 Å². The van der Waals surface area contributed by atoms with E-state index in [1.54, 1.807) is 0 Å². The zero-order valence-corrected chi connectivity index (χ0v) is 17.4. The lowest BCUT2D eigenvalue weighted by molar-refractivity contribution is -0.478. The van der Waals surface area contributed by atoms with Gasteiger partial charge in [0, 0.05) is 0 Å². The number of hydrogen-bond donors (Lipinski definition) is 1. The number of aliphatic imine (C=N–C) groups is 1. The predicted octanol–water partition coefficient (Wildman–Crippen LogP) is 0.431. The monoisotopic (exact) mass is 362 g/mol. The molecule has 24 heavy (non-hydrogen) atoms. The molecule has 2 N–H and O–H groups in total. The number of halogens is 1. The maximum Gasteiger partial charge on any atom is 0.453 e. The normalized spacial score (nSPS) is 12.3. The van der Waals surface area contributed by atoms with Crippen molar-refractivity contribution in [2.75, 3.05) is 28.2 Å². The molecule has 1 unspecified atom stereocenters. The van der Waals surface area contributed by atoms with Crippen LogP contribution in [0.1, 0.15) is 71.6 Å². The molecule has 0 rings (SSSR count). The number of unbranched alkanes of at least 4 members (excludes halogenated alkanes) is 5. The summed E-state index contributed by atoms with van der Waals surface area (Å²) < 4.78 is 7.63. The molecule has 0 aliphatic rings. The number of nitrogens with zero attached hydrogens (tertiary/aromatic N) is 3. The minimum absolute atomic E-state index is 0. The molecule has 0 saturated carbocycles. The van der Waals surface area contributed by atoms with Crippen LogP contribution in [0.3, 0.4) is 0 Å². The largest absolute Gasteiger partial charge is 1.00 e. The Balaban J connectivity index is 0. The van der Waals surface area contributed by atoms with Crippen LogP contribution in [-0.2, 0) is 4.74 Å². The Bertz CT molecular complexity index is 366. The summed E-state index contributed by atoms with van der Waals surface area (Å²) in [4.78, 5) is 6.55. The van der Waals surface area contributed by atoms with Gasteiger partial charge in [0.2, 0.25) is 0 Å². The Morgan fingerprint density at radius 3 is 1.96 bits per heavy atom. The lowest BCUT2D eigenvalue weighted by Gasteiger charge is -2.15. The van der Waals surface area contributed by atoms with E-state index in [9.17, 15) is 0 Å². The highest BCUT2D eigenvalue weighted by Crippen LogP contribution is 2.15. The standard InChI is InChI=1S/C18H39N4O.ClH/c1-7-9-11-13-15-16(14-12-10-8-2)20-17(19)23-18(21(3)4)22(5)6;/h16H,7-15H2,1-6H3,(H2,19,20);1H/q+1;/p-1. The van der Waals surface area contributed by atoms with Crippen LogP contribution >= 0.6 is 0 Å². The van der Waals surface area contributed by atoms with Crippen molar-refractivity contribution in [1.82, 2.24) is 4.90 Å². The fourth-order valence-electron chi connectivity index (χ4n) is 2.59. The van der Waals surface area contributed by atoms with Gasteiger partial charge in [0.15, 0.2) is 0 Å². The summed E-state index contributed by atoms with van der Waals surface area (Å²) in [5.41, 5.74) is 6.04. The van der Waals surface area contributed by atoms with E-state index >= 15 is 0 Å². The smallest absolute Gasteiger partial charge is 0.453 e. The van der Waals surface area contributed by atoms with Gasteiger partial charge in [-0.05, 0) is 12.8 Å². The quantitative estimate of drug-likeness (QED) is 0.265. The highest BCUT2D eigenvalue weighted by atomic mass is 35.5. The Hall–Kier alpha value is -0.970. The van der Waals surface area contributed by atoms with E-state index in [4.69, 9.17) is 10.5 Å². The van der Waals surface area contributed by atoms with Gasteiger partial charge in [-0.25, -0.2) is 14.5 Å². The Morgan fingerprint density at radius 1 is 1.00 bits per heavy atom. The zero-order chi connectivity index (χ0) is 17.7. The van der Waals surface area contributed by atoms with E-state index in [2.05, 4.69) is 18.8 Å². The topological polar surface area (TPSA) is 53.9 Å². The summed E-state index contributed by atoms with van der Waals surface area (Å²) in [6.07, 6.45) is 11.0. The minimum atomic E-state index is 0. The molecule has 6 heteroatoms. The summed E-state index contributed by atoms with van der Waals surface area (Å²) in [6.45, 7) is 4.47. The number of ether oxygens (including phenoxy) is 1. The maximum absolute atomic E-state index is 6.04. The van der Waals surface area contributed by atoms with Crippen LogP contribution in [0, 0.1) is 0 Å². The van der Waals surface area contributed by atoms with Crippen molar-refractivity contribution >= 4 is 12.0 Å². The lowest BCUT2D eigenvalue weighted by Crippen LogP contribution is -3.00. The maximum atomic E-state index is 6.04. The molecule has 0 heterocycles. The molecule has 5 nitrogen and oxygen atoms in total. The van der Waals surface area contributed by atoms with Gasteiger partial charge in [0.25, 0.3) is 6.02 Å². The second-order valence-corrected chi connectivity index (χ2v) is 6.64. The van der Waals surface area contributed by atoms with E-state index in [1.807, 2.05) is 37.7 Å². The zero-order valence-electron chi connectivity index (χ0n) is 16.6. The highest BCUT2D eigenvalue weighted by molar-refractivity contribution is 5.85. The SMILES string of the molecule is CCCCCCC(CCCCC)N=C(N)OC(N(C)C)=[N+](C)C.[Cl-]. The summed E-state index contributed by atoms with van der Waals surface area (Å²) in [6, 6.07) is 1.26. The fraction of sp³-hybridized carbons (Fsp3) is 0.889. The minimum Gasteiger partial charge on any atom is -1.00 e. The first kappa shape index (κ1) is 25.3. The van der Waals surface area contributed by atoms with Crippen molar-refractivity contribution in [2.24, 2.45) is 10.7 Å². The molecule has 0 amide bonds. The Kier molecular flexibility index (Phi) is 16.4. The van der Waals surface area contributed by atoms with Crippen molar-refractivity contribution in [1.29, 1.82) is 0 Å². The highest BCUT2D eigenvalue weighted by Gasteiger charge is 2.17. The molecule has 0 aliphatic carbocycles. The molecule has 0 bridgehead atoms. The predicted molar refractivity (Wildman–Crippen MR) is 100 cm³/mol. The molecule has 144 valence electrons. The van der Waals surface area contributed by atoms with E-state index in [1.165, 1.54) is 44.9 Å². The first-order valence-corrected chi connectivity index (χ1v) is 9.15. The van der Waals surface area contributed by atoms with E-state index in [0.717, 1.165) is 12.8 Å². The van der Waals surface area contributed by atoms with Gasteiger partial charge >= 0.3 is 6.02 Å². The van der Waals surface area contributed by atoms with Crippen molar-refractivity contribution in [2.45, 2.75) is 77.7 Å². The number of amidine groups is 2. The molecule has 0 aromatic carbocycles. The molecule has 0 aromatic rings. The molecule has 0 radical (unpaired) electrons. The van der Waals surface area contributed by atoms with Crippen molar-refractivity contribution < 1.29 is 21.7 Å². The van der Waals surface area contributed by atoms with Crippen LogP contribution < -0.4 is 18.1 Å². The summed E-state index contributed by atoms with van der Waals surface area (Å²) in [5, 5.41) is 0. The first-order chi connectivity index (χ1) is 10.9. The Morgan fingerprint density at radius 2 is 1.50 bits per heavy atom. The van der Waals surface area contributed by atoms with Crippen LogP contribution in [0.2, 0.25) is 0 Å². The van der Waals surface area contributed by atoms with Crippen LogP contribution in [0.4, 0.5) is 0 Å². The number of hydrogen-bond acceptors (Lipinski definition) is 2. The molecule has 0 fully saturated rings. The lowest BCUT2D eigenvalue weighted by atomic mass is 10.0. The van der Waals surface area contributed by atoms with Crippen molar-refractivity contribution in [3.8, 4) is 0 Å². The number of nitrogens with two attached hydrogens (primary N) is 1. The van der Waals surface area contributed by atoms with Gasteiger partial charge in [0.1, 0.15) is 0 Å². The average Bonchev–Trinajstić information content (AvgIpc) is 2.48.